The molecule has 0 aliphatic carbocycles. The van der Waals surface area contributed by atoms with E-state index < -0.39 is 0 Å². The highest BCUT2D eigenvalue weighted by atomic mass is 16.2. The lowest BCUT2D eigenvalue weighted by molar-refractivity contribution is -0.124. The van der Waals surface area contributed by atoms with Crippen LogP contribution in [0.15, 0.2) is 65.7 Å². The normalized spacial score (nSPS) is 13.9. The van der Waals surface area contributed by atoms with Crippen LogP contribution in [0.2, 0.25) is 0 Å². The highest BCUT2D eigenvalue weighted by Crippen LogP contribution is 2.24. The molecule has 0 spiro atoms. The minimum absolute atomic E-state index is 0.0627. The molecule has 136 valence electrons. The van der Waals surface area contributed by atoms with Gasteiger partial charge in [0.15, 0.2) is 0 Å². The van der Waals surface area contributed by atoms with Crippen LogP contribution >= 0.6 is 0 Å². The van der Waals surface area contributed by atoms with Gasteiger partial charge in [-0.15, -0.1) is 0 Å². The number of carbonyl (C=O) groups is 1. The fourth-order valence-corrected chi connectivity index (χ4v) is 4.00. The SMILES string of the molecule is CC(=O)N1CCN=C1c1cccc(C)c1CCc1cccc2ccccc12. The number of aliphatic imine (C=N–C) groups is 1. The van der Waals surface area contributed by atoms with Gasteiger partial charge in [-0.3, -0.25) is 14.7 Å². The molecule has 3 heteroatoms. The lowest BCUT2D eigenvalue weighted by Gasteiger charge is -2.20. The third-order valence-electron chi connectivity index (χ3n) is 5.40. The van der Waals surface area contributed by atoms with Crippen LogP contribution in [0, 0.1) is 6.92 Å². The van der Waals surface area contributed by atoms with Crippen molar-refractivity contribution in [3.05, 3.63) is 82.9 Å². The molecule has 0 fully saturated rings. The Morgan fingerprint density at radius 2 is 1.78 bits per heavy atom. The first-order valence-corrected chi connectivity index (χ1v) is 9.53. The second-order valence-electron chi connectivity index (χ2n) is 7.12. The number of hydrogen-bond acceptors (Lipinski definition) is 2. The molecule has 0 bridgehead atoms. The third-order valence-corrected chi connectivity index (χ3v) is 5.40. The highest BCUT2D eigenvalue weighted by Gasteiger charge is 2.24. The summed E-state index contributed by atoms with van der Waals surface area (Å²) in [5.41, 5.74) is 5.00. The second-order valence-corrected chi connectivity index (χ2v) is 7.12. The largest absolute Gasteiger partial charge is 0.295 e. The zero-order valence-corrected chi connectivity index (χ0v) is 15.9. The van der Waals surface area contributed by atoms with Crippen LogP contribution in [-0.4, -0.2) is 29.7 Å². The van der Waals surface area contributed by atoms with Crippen LogP contribution in [0.5, 0.6) is 0 Å². The minimum Gasteiger partial charge on any atom is -0.295 e. The van der Waals surface area contributed by atoms with E-state index in [-0.39, 0.29) is 5.91 Å². The van der Waals surface area contributed by atoms with Gasteiger partial charge in [0, 0.05) is 19.0 Å². The van der Waals surface area contributed by atoms with E-state index in [9.17, 15) is 4.79 Å². The number of aryl methyl sites for hydroxylation is 2. The Balaban J connectivity index is 1.68. The summed E-state index contributed by atoms with van der Waals surface area (Å²) in [4.78, 5) is 18.4. The Morgan fingerprint density at radius 1 is 1.00 bits per heavy atom. The molecule has 3 aromatic rings. The Morgan fingerprint density at radius 3 is 2.63 bits per heavy atom. The Kier molecular flexibility index (Phi) is 4.76. The maximum absolute atomic E-state index is 12.0. The minimum atomic E-state index is 0.0627. The van der Waals surface area contributed by atoms with Gasteiger partial charge in [-0.25, -0.2) is 0 Å². The van der Waals surface area contributed by atoms with Gasteiger partial charge in [0.2, 0.25) is 5.91 Å². The molecule has 1 aliphatic heterocycles. The maximum Gasteiger partial charge on any atom is 0.225 e. The van der Waals surface area contributed by atoms with Gasteiger partial charge < -0.3 is 0 Å². The van der Waals surface area contributed by atoms with Crippen molar-refractivity contribution < 1.29 is 4.79 Å². The molecule has 1 aliphatic rings. The van der Waals surface area contributed by atoms with E-state index >= 15 is 0 Å². The first kappa shape index (κ1) is 17.5. The predicted molar refractivity (Wildman–Crippen MR) is 111 cm³/mol. The average molecular weight is 356 g/mol. The summed E-state index contributed by atoms with van der Waals surface area (Å²) >= 11 is 0. The Bertz CT molecular complexity index is 1030. The smallest absolute Gasteiger partial charge is 0.225 e. The number of rotatable bonds is 4. The van der Waals surface area contributed by atoms with E-state index in [4.69, 9.17) is 0 Å². The lowest BCUT2D eigenvalue weighted by Crippen LogP contribution is -2.33. The van der Waals surface area contributed by atoms with Gasteiger partial charge in [0.1, 0.15) is 5.84 Å². The summed E-state index contributed by atoms with van der Waals surface area (Å²) in [5, 5.41) is 2.60. The molecule has 0 atom stereocenters. The summed E-state index contributed by atoms with van der Waals surface area (Å²) in [5.74, 6) is 0.895. The standard InChI is InChI=1S/C24H24N2O/c1-17-7-5-12-23(24-25-15-16-26(24)18(2)27)21(17)14-13-20-10-6-9-19-8-3-4-11-22(19)20/h3-12H,13-16H2,1-2H3. The van der Waals surface area contributed by atoms with Crippen LogP contribution < -0.4 is 0 Å². The first-order chi connectivity index (χ1) is 13.1. The highest BCUT2D eigenvalue weighted by molar-refractivity contribution is 6.09. The number of nitrogens with zero attached hydrogens (tertiary/aromatic N) is 2. The molecular weight excluding hydrogens is 332 g/mol. The number of hydrogen-bond donors (Lipinski definition) is 0. The van der Waals surface area contributed by atoms with Gasteiger partial charge in [-0.2, -0.15) is 0 Å². The van der Waals surface area contributed by atoms with E-state index in [1.165, 1.54) is 27.5 Å². The molecule has 0 radical (unpaired) electrons. The summed E-state index contributed by atoms with van der Waals surface area (Å²) in [6, 6.07) is 21.4. The zero-order chi connectivity index (χ0) is 18.8. The van der Waals surface area contributed by atoms with Crippen LogP contribution in [-0.2, 0) is 17.6 Å². The van der Waals surface area contributed by atoms with Crippen molar-refractivity contribution >= 4 is 22.5 Å². The second kappa shape index (κ2) is 7.36. The summed E-state index contributed by atoms with van der Waals surface area (Å²) in [6.07, 6.45) is 1.90. The lowest BCUT2D eigenvalue weighted by atomic mass is 9.93. The fourth-order valence-electron chi connectivity index (χ4n) is 4.00. The third kappa shape index (κ3) is 3.37. The molecule has 0 aromatic heterocycles. The molecule has 1 amide bonds. The molecule has 4 rings (SSSR count). The number of amides is 1. The van der Waals surface area contributed by atoms with Crippen molar-refractivity contribution in [1.29, 1.82) is 0 Å². The van der Waals surface area contributed by atoms with Gasteiger partial charge in [0.25, 0.3) is 0 Å². The first-order valence-electron chi connectivity index (χ1n) is 9.53. The molecule has 0 saturated heterocycles. The summed E-state index contributed by atoms with van der Waals surface area (Å²) in [6.45, 7) is 5.13. The Hall–Kier alpha value is -2.94. The molecule has 0 N–H and O–H groups in total. The molecule has 1 heterocycles. The number of benzene rings is 3. The van der Waals surface area contributed by atoms with Crippen molar-refractivity contribution in [3.8, 4) is 0 Å². The van der Waals surface area contributed by atoms with Gasteiger partial charge in [-0.05, 0) is 47.2 Å². The van der Waals surface area contributed by atoms with Crippen LogP contribution in [0.1, 0.15) is 29.2 Å². The van der Waals surface area contributed by atoms with Crippen LogP contribution in [0.4, 0.5) is 0 Å². The molecule has 27 heavy (non-hydrogen) atoms. The van der Waals surface area contributed by atoms with Crippen molar-refractivity contribution in [2.75, 3.05) is 13.1 Å². The monoisotopic (exact) mass is 356 g/mol. The molecule has 0 unspecified atom stereocenters. The van der Waals surface area contributed by atoms with E-state index in [1.54, 1.807) is 11.8 Å². The van der Waals surface area contributed by atoms with E-state index in [1.807, 2.05) is 0 Å². The predicted octanol–water partition coefficient (Wildman–Crippen LogP) is 4.54. The van der Waals surface area contributed by atoms with E-state index in [0.29, 0.717) is 13.1 Å². The van der Waals surface area contributed by atoms with Gasteiger partial charge in [-0.1, -0.05) is 60.7 Å². The van der Waals surface area contributed by atoms with E-state index in [0.717, 1.165) is 24.2 Å². The Labute approximate surface area is 160 Å². The number of carbonyl (C=O) groups excluding carboxylic acids is 1. The fraction of sp³-hybridized carbons (Fsp3) is 0.250. The van der Waals surface area contributed by atoms with Gasteiger partial charge >= 0.3 is 0 Å². The van der Waals surface area contributed by atoms with Crippen molar-refractivity contribution in [2.24, 2.45) is 4.99 Å². The van der Waals surface area contributed by atoms with E-state index in [2.05, 4.69) is 72.6 Å². The maximum atomic E-state index is 12.0. The molecule has 0 saturated carbocycles. The topological polar surface area (TPSA) is 32.7 Å². The van der Waals surface area contributed by atoms with Crippen molar-refractivity contribution in [2.45, 2.75) is 26.7 Å². The van der Waals surface area contributed by atoms with Gasteiger partial charge in [0.05, 0.1) is 6.54 Å². The molecule has 3 nitrogen and oxygen atoms in total. The van der Waals surface area contributed by atoms with Crippen LogP contribution in [0.3, 0.4) is 0 Å². The van der Waals surface area contributed by atoms with Crippen LogP contribution in [0.25, 0.3) is 10.8 Å². The summed E-state index contributed by atoms with van der Waals surface area (Å²) < 4.78 is 0. The van der Waals surface area contributed by atoms with Crippen molar-refractivity contribution in [1.82, 2.24) is 4.90 Å². The number of fused-ring (bicyclic) bond motifs is 1. The summed E-state index contributed by atoms with van der Waals surface area (Å²) in [7, 11) is 0. The zero-order valence-electron chi connectivity index (χ0n) is 15.9. The quantitative estimate of drug-likeness (QED) is 0.675. The van der Waals surface area contributed by atoms with Crippen molar-refractivity contribution in [3.63, 3.8) is 0 Å². The molecular formula is C24H24N2O. The number of amidine groups is 1. The average Bonchev–Trinajstić information content (AvgIpc) is 3.17. The molecule has 3 aromatic carbocycles.